The monoisotopic (exact) mass is 431 g/mol. The van der Waals surface area contributed by atoms with E-state index in [1.807, 2.05) is 31.2 Å². The highest BCUT2D eigenvalue weighted by molar-refractivity contribution is 7.99. The van der Waals surface area contributed by atoms with Gasteiger partial charge in [-0.1, -0.05) is 55.4 Å². The normalized spacial score (nSPS) is 10.9. The van der Waals surface area contributed by atoms with Crippen molar-refractivity contribution >= 4 is 35.0 Å². The number of carbonyl (C=O) groups excluding carboxylic acids is 1. The molecule has 3 rings (SSSR count). The van der Waals surface area contributed by atoms with Gasteiger partial charge in [-0.3, -0.25) is 4.79 Å². The molecule has 6 nitrogen and oxygen atoms in total. The van der Waals surface area contributed by atoms with E-state index in [4.69, 9.17) is 20.8 Å². The Morgan fingerprint density at radius 2 is 1.97 bits per heavy atom. The Labute approximate surface area is 179 Å². The molecule has 8 heteroatoms. The van der Waals surface area contributed by atoms with E-state index in [2.05, 4.69) is 29.4 Å². The first kappa shape index (κ1) is 21.2. The number of halogens is 1. The highest BCUT2D eigenvalue weighted by Crippen LogP contribution is 2.24. The van der Waals surface area contributed by atoms with Crippen LogP contribution in [0, 0.1) is 6.92 Å². The van der Waals surface area contributed by atoms with Gasteiger partial charge in [-0.05, 0) is 48.2 Å². The van der Waals surface area contributed by atoms with Crippen molar-refractivity contribution in [2.24, 2.45) is 0 Å². The van der Waals surface area contributed by atoms with Gasteiger partial charge in [0.15, 0.2) is 6.61 Å². The molecular weight excluding hydrogens is 410 g/mol. The van der Waals surface area contributed by atoms with Gasteiger partial charge in [0.25, 0.3) is 11.1 Å². The highest BCUT2D eigenvalue weighted by Gasteiger charge is 2.12. The molecule has 0 bridgehead atoms. The molecule has 1 aromatic heterocycles. The topological polar surface area (TPSA) is 77.2 Å². The smallest absolute Gasteiger partial charge is 0.277 e. The maximum atomic E-state index is 12.2. The lowest BCUT2D eigenvalue weighted by Crippen LogP contribution is -2.14. The molecule has 0 saturated heterocycles. The molecular formula is C21H22ClN3O3S. The number of anilines is 1. The van der Waals surface area contributed by atoms with Gasteiger partial charge in [-0.15, -0.1) is 10.2 Å². The average Bonchev–Trinajstić information content (AvgIpc) is 3.16. The molecule has 29 heavy (non-hydrogen) atoms. The van der Waals surface area contributed by atoms with Gasteiger partial charge < -0.3 is 14.5 Å². The van der Waals surface area contributed by atoms with Gasteiger partial charge >= 0.3 is 0 Å². The third-order valence-electron chi connectivity index (χ3n) is 4.23. The maximum Gasteiger partial charge on any atom is 0.277 e. The van der Waals surface area contributed by atoms with Gasteiger partial charge in [0.1, 0.15) is 5.75 Å². The lowest BCUT2D eigenvalue weighted by Gasteiger charge is -2.08. The van der Waals surface area contributed by atoms with E-state index >= 15 is 0 Å². The third kappa shape index (κ3) is 5.98. The van der Waals surface area contributed by atoms with Crippen LogP contribution in [-0.2, 0) is 11.4 Å². The highest BCUT2D eigenvalue weighted by atomic mass is 35.5. The van der Waals surface area contributed by atoms with E-state index in [0.29, 0.717) is 27.7 Å². The molecule has 1 N–H and O–H groups in total. The van der Waals surface area contributed by atoms with Crippen LogP contribution in [0.2, 0.25) is 5.02 Å². The van der Waals surface area contributed by atoms with Crippen molar-refractivity contribution in [3.63, 3.8) is 0 Å². The molecule has 0 radical (unpaired) electrons. The molecule has 0 unspecified atom stereocenters. The molecule has 0 aliphatic heterocycles. The zero-order valence-electron chi connectivity index (χ0n) is 16.4. The van der Waals surface area contributed by atoms with Crippen molar-refractivity contribution in [2.45, 2.75) is 38.5 Å². The van der Waals surface area contributed by atoms with Crippen LogP contribution in [-0.4, -0.2) is 21.9 Å². The van der Waals surface area contributed by atoms with Gasteiger partial charge in [0.05, 0.1) is 5.75 Å². The number of nitrogens with zero attached hydrogens (tertiary/aromatic N) is 2. The predicted molar refractivity (Wildman–Crippen MR) is 115 cm³/mol. The zero-order chi connectivity index (χ0) is 20.8. The van der Waals surface area contributed by atoms with Crippen LogP contribution in [0.25, 0.3) is 0 Å². The second-order valence-electron chi connectivity index (χ2n) is 6.72. The largest absolute Gasteiger partial charge is 0.484 e. The number of aromatic nitrogens is 2. The van der Waals surface area contributed by atoms with Gasteiger partial charge in [-0.2, -0.15) is 0 Å². The predicted octanol–water partition coefficient (Wildman–Crippen LogP) is 5.46. The molecule has 0 aliphatic rings. The van der Waals surface area contributed by atoms with Gasteiger partial charge in [-0.25, -0.2) is 0 Å². The Morgan fingerprint density at radius 1 is 1.21 bits per heavy atom. The average molecular weight is 432 g/mol. The summed E-state index contributed by atoms with van der Waals surface area (Å²) in [7, 11) is 0. The molecule has 0 aliphatic carbocycles. The second-order valence-corrected chi connectivity index (χ2v) is 8.06. The fraction of sp³-hybridized carbons (Fsp3) is 0.286. The Balaban J connectivity index is 1.47. The first-order valence-electron chi connectivity index (χ1n) is 9.15. The van der Waals surface area contributed by atoms with Crippen LogP contribution in [0.3, 0.4) is 0 Å². The molecule has 1 amide bonds. The van der Waals surface area contributed by atoms with E-state index in [9.17, 15) is 4.79 Å². The molecule has 152 valence electrons. The SMILES string of the molecule is Cc1c(Cl)cccc1NC(=O)CSc1nnc(COc2ccc(C(C)C)cc2)o1. The number of nitrogens with one attached hydrogen (secondary N) is 1. The quantitative estimate of drug-likeness (QED) is 0.477. The minimum atomic E-state index is -0.179. The summed E-state index contributed by atoms with van der Waals surface area (Å²) in [5.41, 5.74) is 2.76. The Hall–Kier alpha value is -2.51. The number of carbonyl (C=O) groups is 1. The number of rotatable bonds is 8. The summed E-state index contributed by atoms with van der Waals surface area (Å²) in [4.78, 5) is 12.2. The summed E-state index contributed by atoms with van der Waals surface area (Å²) in [6.45, 7) is 6.31. The van der Waals surface area contributed by atoms with Crippen molar-refractivity contribution in [1.29, 1.82) is 0 Å². The van der Waals surface area contributed by atoms with E-state index in [-0.39, 0.29) is 18.3 Å². The first-order chi connectivity index (χ1) is 13.9. The number of benzene rings is 2. The van der Waals surface area contributed by atoms with Crippen LogP contribution in [0.5, 0.6) is 5.75 Å². The standard InChI is InChI=1S/C21H22ClN3O3S/c1-13(2)15-7-9-16(10-8-15)27-11-20-24-25-21(28-20)29-12-19(26)23-18-6-4-5-17(22)14(18)3/h4-10,13H,11-12H2,1-3H3,(H,23,26). The maximum absolute atomic E-state index is 12.2. The van der Waals surface area contributed by atoms with Crippen LogP contribution < -0.4 is 10.1 Å². The molecule has 1 heterocycles. The summed E-state index contributed by atoms with van der Waals surface area (Å²) >= 11 is 7.23. The Bertz CT molecular complexity index is 974. The number of ether oxygens (including phenoxy) is 1. The van der Waals surface area contributed by atoms with Crippen LogP contribution in [0.1, 0.15) is 36.8 Å². The number of hydrogen-bond acceptors (Lipinski definition) is 6. The van der Waals surface area contributed by atoms with E-state index in [0.717, 1.165) is 23.1 Å². The van der Waals surface area contributed by atoms with Crippen molar-refractivity contribution in [3.05, 3.63) is 64.5 Å². The number of hydrogen-bond donors (Lipinski definition) is 1. The molecule has 2 aromatic carbocycles. The Kier molecular flexibility index (Phi) is 7.17. The molecule has 3 aromatic rings. The van der Waals surface area contributed by atoms with Crippen LogP contribution in [0.15, 0.2) is 52.1 Å². The first-order valence-corrected chi connectivity index (χ1v) is 10.5. The van der Waals surface area contributed by atoms with Crippen molar-refractivity contribution < 1.29 is 13.9 Å². The summed E-state index contributed by atoms with van der Waals surface area (Å²) in [6, 6.07) is 13.3. The van der Waals surface area contributed by atoms with E-state index < -0.39 is 0 Å². The Morgan fingerprint density at radius 3 is 2.69 bits per heavy atom. The van der Waals surface area contributed by atoms with E-state index in [1.165, 1.54) is 5.56 Å². The van der Waals surface area contributed by atoms with Crippen molar-refractivity contribution in [3.8, 4) is 5.75 Å². The van der Waals surface area contributed by atoms with Gasteiger partial charge in [0.2, 0.25) is 5.91 Å². The molecule has 0 spiro atoms. The molecule has 0 atom stereocenters. The fourth-order valence-corrected chi connectivity index (χ4v) is 3.26. The second kappa shape index (κ2) is 9.80. The zero-order valence-corrected chi connectivity index (χ0v) is 18.0. The molecule has 0 saturated carbocycles. The number of thioether (sulfide) groups is 1. The fourth-order valence-electron chi connectivity index (χ4n) is 2.51. The van der Waals surface area contributed by atoms with Crippen molar-refractivity contribution in [2.75, 3.05) is 11.1 Å². The number of amides is 1. The van der Waals surface area contributed by atoms with Crippen molar-refractivity contribution in [1.82, 2.24) is 10.2 Å². The molecule has 0 fully saturated rings. The van der Waals surface area contributed by atoms with E-state index in [1.54, 1.807) is 18.2 Å². The van der Waals surface area contributed by atoms with Crippen LogP contribution >= 0.6 is 23.4 Å². The van der Waals surface area contributed by atoms with Gasteiger partial charge in [0, 0.05) is 10.7 Å². The minimum absolute atomic E-state index is 0.144. The summed E-state index contributed by atoms with van der Waals surface area (Å²) in [5, 5.41) is 11.6. The minimum Gasteiger partial charge on any atom is -0.484 e. The lowest BCUT2D eigenvalue weighted by atomic mass is 10.0. The lowest BCUT2D eigenvalue weighted by molar-refractivity contribution is -0.113. The summed E-state index contributed by atoms with van der Waals surface area (Å²) < 4.78 is 11.2. The third-order valence-corrected chi connectivity index (χ3v) is 5.45. The van der Waals surface area contributed by atoms with Crippen LogP contribution in [0.4, 0.5) is 5.69 Å². The summed E-state index contributed by atoms with van der Waals surface area (Å²) in [6.07, 6.45) is 0. The summed E-state index contributed by atoms with van der Waals surface area (Å²) in [5.74, 6) is 1.52.